The average molecular weight is 227 g/mol. The summed E-state index contributed by atoms with van der Waals surface area (Å²) >= 11 is 5.85. The van der Waals surface area contributed by atoms with Crippen molar-refractivity contribution in [3.63, 3.8) is 0 Å². The van der Waals surface area contributed by atoms with Gasteiger partial charge >= 0.3 is 0 Å². The van der Waals surface area contributed by atoms with Crippen molar-refractivity contribution in [3.05, 3.63) is 29.8 Å². The minimum Gasteiger partial charge on any atom is -0.497 e. The first-order valence-electron chi connectivity index (χ1n) is 4.91. The second kappa shape index (κ2) is 5.76. The number of carbonyl (C=O) groups excluding carboxylic acids is 1. The molecule has 0 aliphatic rings. The molecule has 0 aliphatic carbocycles. The maximum Gasteiger partial charge on any atom is 0.147 e. The standard InChI is InChI=1S/C12H15ClO2/c1-9(14)12(13)8-5-10-3-6-11(15-2)7-4-10/h3-4,6-7,12H,5,8H2,1-2H3. The number of ketones is 1. The van der Waals surface area contributed by atoms with Crippen LogP contribution in [0.15, 0.2) is 24.3 Å². The highest BCUT2D eigenvalue weighted by molar-refractivity contribution is 6.30. The van der Waals surface area contributed by atoms with Crippen LogP contribution >= 0.6 is 11.6 Å². The van der Waals surface area contributed by atoms with Crippen LogP contribution in [0.1, 0.15) is 18.9 Å². The van der Waals surface area contributed by atoms with E-state index in [2.05, 4.69) is 0 Å². The lowest BCUT2D eigenvalue weighted by Crippen LogP contribution is -2.10. The lowest BCUT2D eigenvalue weighted by molar-refractivity contribution is -0.116. The Morgan fingerprint density at radius 1 is 1.40 bits per heavy atom. The van der Waals surface area contributed by atoms with Gasteiger partial charge in [-0.2, -0.15) is 0 Å². The summed E-state index contributed by atoms with van der Waals surface area (Å²) < 4.78 is 5.05. The molecular formula is C12H15ClO2. The van der Waals surface area contributed by atoms with E-state index in [0.29, 0.717) is 6.42 Å². The van der Waals surface area contributed by atoms with E-state index >= 15 is 0 Å². The fourth-order valence-electron chi connectivity index (χ4n) is 1.29. The van der Waals surface area contributed by atoms with E-state index in [4.69, 9.17) is 16.3 Å². The summed E-state index contributed by atoms with van der Waals surface area (Å²) in [4.78, 5) is 10.9. The van der Waals surface area contributed by atoms with E-state index in [1.165, 1.54) is 12.5 Å². The summed E-state index contributed by atoms with van der Waals surface area (Å²) in [5.74, 6) is 0.873. The van der Waals surface area contributed by atoms with Crippen molar-refractivity contribution in [1.82, 2.24) is 0 Å². The molecule has 1 aromatic carbocycles. The molecule has 0 radical (unpaired) electrons. The Balaban J connectivity index is 2.47. The van der Waals surface area contributed by atoms with Crippen LogP contribution in [0.2, 0.25) is 0 Å². The number of rotatable bonds is 5. The van der Waals surface area contributed by atoms with Crippen molar-refractivity contribution in [2.45, 2.75) is 25.1 Å². The van der Waals surface area contributed by atoms with Crippen LogP contribution in [0.4, 0.5) is 0 Å². The predicted molar refractivity (Wildman–Crippen MR) is 61.6 cm³/mol. The van der Waals surface area contributed by atoms with E-state index < -0.39 is 0 Å². The van der Waals surface area contributed by atoms with Crippen LogP contribution in [0.25, 0.3) is 0 Å². The van der Waals surface area contributed by atoms with Gasteiger partial charge in [0.25, 0.3) is 0 Å². The van der Waals surface area contributed by atoms with Crippen molar-refractivity contribution in [2.24, 2.45) is 0 Å². The zero-order valence-corrected chi connectivity index (χ0v) is 9.75. The quantitative estimate of drug-likeness (QED) is 0.722. The first-order valence-corrected chi connectivity index (χ1v) is 5.34. The summed E-state index contributed by atoms with van der Waals surface area (Å²) in [7, 11) is 1.64. The zero-order chi connectivity index (χ0) is 11.3. The minimum absolute atomic E-state index is 0.0326. The largest absolute Gasteiger partial charge is 0.497 e. The van der Waals surface area contributed by atoms with Gasteiger partial charge in [-0.25, -0.2) is 0 Å². The number of benzene rings is 1. The lowest BCUT2D eigenvalue weighted by Gasteiger charge is -2.06. The van der Waals surface area contributed by atoms with Crippen LogP contribution < -0.4 is 4.74 Å². The Hall–Kier alpha value is -1.02. The number of ether oxygens (including phenoxy) is 1. The molecule has 0 bridgehead atoms. The first kappa shape index (κ1) is 12.1. The van der Waals surface area contributed by atoms with E-state index in [-0.39, 0.29) is 11.2 Å². The van der Waals surface area contributed by atoms with E-state index in [1.54, 1.807) is 7.11 Å². The molecule has 1 rings (SSSR count). The molecule has 15 heavy (non-hydrogen) atoms. The third kappa shape index (κ3) is 3.92. The number of methoxy groups -OCH3 is 1. The van der Waals surface area contributed by atoms with Crippen molar-refractivity contribution < 1.29 is 9.53 Å². The van der Waals surface area contributed by atoms with Gasteiger partial charge in [-0.1, -0.05) is 12.1 Å². The SMILES string of the molecule is COc1ccc(CCC(Cl)C(C)=O)cc1. The number of alkyl halides is 1. The fourth-order valence-corrected chi connectivity index (χ4v) is 1.40. The second-order valence-electron chi connectivity index (χ2n) is 3.46. The first-order chi connectivity index (χ1) is 7.13. The topological polar surface area (TPSA) is 26.3 Å². The molecule has 0 saturated carbocycles. The van der Waals surface area contributed by atoms with E-state index in [9.17, 15) is 4.79 Å². The summed E-state index contributed by atoms with van der Waals surface area (Å²) in [6, 6.07) is 7.80. The monoisotopic (exact) mass is 226 g/mol. The van der Waals surface area contributed by atoms with Gasteiger partial charge in [-0.05, 0) is 37.5 Å². The molecule has 0 aliphatic heterocycles. The number of halogens is 1. The molecular weight excluding hydrogens is 212 g/mol. The molecule has 2 nitrogen and oxygen atoms in total. The molecule has 0 saturated heterocycles. The van der Waals surface area contributed by atoms with Crippen LogP contribution in [0.5, 0.6) is 5.75 Å². The van der Waals surface area contributed by atoms with Gasteiger partial charge in [0.2, 0.25) is 0 Å². The summed E-state index contributed by atoms with van der Waals surface area (Å²) in [5.41, 5.74) is 1.17. The maximum absolute atomic E-state index is 10.9. The van der Waals surface area contributed by atoms with Crippen LogP contribution in [-0.2, 0) is 11.2 Å². The number of aryl methyl sites for hydroxylation is 1. The van der Waals surface area contributed by atoms with Crippen LogP contribution in [0, 0.1) is 0 Å². The molecule has 0 spiro atoms. The van der Waals surface area contributed by atoms with E-state index in [0.717, 1.165) is 12.2 Å². The zero-order valence-electron chi connectivity index (χ0n) is 9.00. The molecule has 0 amide bonds. The van der Waals surface area contributed by atoms with Gasteiger partial charge in [0.1, 0.15) is 11.5 Å². The fraction of sp³-hybridized carbons (Fsp3) is 0.417. The number of hydrogen-bond acceptors (Lipinski definition) is 2. The molecule has 82 valence electrons. The Morgan fingerprint density at radius 3 is 2.47 bits per heavy atom. The smallest absolute Gasteiger partial charge is 0.147 e. The van der Waals surface area contributed by atoms with Gasteiger partial charge in [0, 0.05) is 0 Å². The lowest BCUT2D eigenvalue weighted by atomic mass is 10.1. The van der Waals surface area contributed by atoms with Gasteiger partial charge in [-0.15, -0.1) is 11.6 Å². The molecule has 0 fully saturated rings. The molecule has 1 aromatic rings. The van der Waals surface area contributed by atoms with Gasteiger partial charge in [0.05, 0.1) is 12.5 Å². The van der Waals surface area contributed by atoms with Crippen molar-refractivity contribution in [3.8, 4) is 5.75 Å². The Kier molecular flexibility index (Phi) is 4.63. The van der Waals surface area contributed by atoms with Crippen molar-refractivity contribution >= 4 is 17.4 Å². The molecule has 0 aromatic heterocycles. The molecule has 0 N–H and O–H groups in total. The summed E-state index contributed by atoms with van der Waals surface area (Å²) in [6.45, 7) is 1.52. The maximum atomic E-state index is 10.9. The highest BCUT2D eigenvalue weighted by atomic mass is 35.5. The van der Waals surface area contributed by atoms with Crippen LogP contribution in [0.3, 0.4) is 0 Å². The van der Waals surface area contributed by atoms with Gasteiger partial charge < -0.3 is 4.74 Å². The van der Waals surface area contributed by atoms with Gasteiger partial charge in [-0.3, -0.25) is 4.79 Å². The number of hydrogen-bond donors (Lipinski definition) is 0. The third-order valence-corrected chi connectivity index (χ3v) is 2.81. The Labute approximate surface area is 95.2 Å². The summed E-state index contributed by atoms with van der Waals surface area (Å²) in [6.07, 6.45) is 1.50. The van der Waals surface area contributed by atoms with E-state index in [1.807, 2.05) is 24.3 Å². The second-order valence-corrected chi connectivity index (χ2v) is 3.99. The Bertz CT molecular complexity index is 319. The van der Waals surface area contributed by atoms with Crippen molar-refractivity contribution in [2.75, 3.05) is 7.11 Å². The third-order valence-electron chi connectivity index (χ3n) is 2.29. The molecule has 1 unspecified atom stereocenters. The minimum atomic E-state index is -0.368. The molecule has 0 heterocycles. The highest BCUT2D eigenvalue weighted by Crippen LogP contribution is 2.14. The highest BCUT2D eigenvalue weighted by Gasteiger charge is 2.09. The van der Waals surface area contributed by atoms with Crippen molar-refractivity contribution in [1.29, 1.82) is 0 Å². The van der Waals surface area contributed by atoms with Gasteiger partial charge in [0.15, 0.2) is 0 Å². The summed E-state index contributed by atoms with van der Waals surface area (Å²) in [5, 5.41) is -0.368. The predicted octanol–water partition coefficient (Wildman–Crippen LogP) is 2.82. The normalized spacial score (nSPS) is 12.2. The Morgan fingerprint density at radius 2 is 2.00 bits per heavy atom. The number of Topliss-reactive ketones (excluding diaryl/α,β-unsaturated/α-hetero) is 1. The average Bonchev–Trinajstić information content (AvgIpc) is 2.26. The number of carbonyl (C=O) groups is 1. The van der Waals surface area contributed by atoms with Crippen LogP contribution in [-0.4, -0.2) is 18.3 Å². The molecule has 3 heteroatoms. The molecule has 1 atom stereocenters.